The van der Waals surface area contributed by atoms with Gasteiger partial charge in [0.25, 0.3) is 0 Å². The number of nitrogens with zero attached hydrogens (tertiary/aromatic N) is 6. The van der Waals surface area contributed by atoms with Crippen LogP contribution in [0.4, 0.5) is 27.2 Å². The molecule has 0 saturated heterocycles. The Balaban J connectivity index is 1.41. The Bertz CT molecular complexity index is 1200. The summed E-state index contributed by atoms with van der Waals surface area (Å²) >= 11 is 3.02. The first-order valence-corrected chi connectivity index (χ1v) is 12.9. The van der Waals surface area contributed by atoms with E-state index >= 15 is 0 Å². The summed E-state index contributed by atoms with van der Waals surface area (Å²) in [4.78, 5) is 7.79. The molecule has 0 aliphatic rings. The quantitative estimate of drug-likeness (QED) is 0.226. The average Bonchev–Trinajstić information content (AvgIpc) is 3.41. The Morgan fingerprint density at radius 3 is 2.06 bits per heavy atom. The van der Waals surface area contributed by atoms with Crippen LogP contribution in [0, 0.1) is 0 Å². The van der Waals surface area contributed by atoms with E-state index in [1.165, 1.54) is 33.9 Å². The van der Waals surface area contributed by atoms with Crippen LogP contribution < -0.4 is 4.90 Å². The Morgan fingerprint density at radius 1 is 0.818 bits per heavy atom. The zero-order valence-corrected chi connectivity index (χ0v) is 21.0. The predicted octanol–water partition coefficient (Wildman–Crippen LogP) is 9.55. The highest BCUT2D eigenvalue weighted by molar-refractivity contribution is 7.30. The molecule has 0 fully saturated rings. The molecule has 6 nitrogen and oxygen atoms in total. The van der Waals surface area contributed by atoms with Gasteiger partial charge in [0, 0.05) is 18.8 Å². The zero-order chi connectivity index (χ0) is 23.2. The van der Waals surface area contributed by atoms with Gasteiger partial charge in [-0.25, -0.2) is 4.98 Å². The van der Waals surface area contributed by atoms with E-state index in [4.69, 9.17) is 0 Å². The van der Waals surface area contributed by atoms with E-state index < -0.39 is 0 Å². The molecule has 0 radical (unpaired) electrons. The van der Waals surface area contributed by atoms with Crippen molar-refractivity contribution in [1.82, 2.24) is 4.98 Å². The predicted molar refractivity (Wildman–Crippen MR) is 141 cm³/mol. The lowest BCUT2D eigenvalue weighted by Crippen LogP contribution is -2.21. The minimum Gasteiger partial charge on any atom is -0.372 e. The highest BCUT2D eigenvalue weighted by Gasteiger charge is 2.09. The average molecular weight is 477 g/mol. The second-order valence-corrected chi connectivity index (χ2v) is 9.76. The molecule has 2 aromatic heterocycles. The largest absolute Gasteiger partial charge is 0.372 e. The van der Waals surface area contributed by atoms with Crippen LogP contribution in [0.15, 0.2) is 75.1 Å². The van der Waals surface area contributed by atoms with Gasteiger partial charge in [-0.3, -0.25) is 0 Å². The third kappa shape index (κ3) is 5.69. The van der Waals surface area contributed by atoms with Crippen molar-refractivity contribution in [3.63, 3.8) is 0 Å². The maximum atomic E-state index is 4.58. The third-order valence-electron chi connectivity index (χ3n) is 5.63. The maximum Gasteiger partial charge on any atom is 0.231 e. The molecule has 170 valence electrons. The number of hydrogen-bond acceptors (Lipinski definition) is 8. The second kappa shape index (κ2) is 10.8. The van der Waals surface area contributed by atoms with Crippen LogP contribution in [-0.4, -0.2) is 18.1 Å². The van der Waals surface area contributed by atoms with Crippen molar-refractivity contribution in [2.75, 3.05) is 18.0 Å². The van der Waals surface area contributed by atoms with Crippen molar-refractivity contribution in [2.45, 2.75) is 40.0 Å². The molecule has 0 aliphatic heterocycles. The number of rotatable bonds is 9. The van der Waals surface area contributed by atoms with Crippen molar-refractivity contribution in [2.24, 2.45) is 20.5 Å². The normalized spacial score (nSPS) is 12.8. The van der Waals surface area contributed by atoms with E-state index in [1.54, 1.807) is 0 Å². The number of anilines is 1. The molecule has 0 amide bonds. The molecule has 0 aliphatic carbocycles. The molecule has 2 heterocycles. The zero-order valence-electron chi connectivity index (χ0n) is 19.4. The van der Waals surface area contributed by atoms with Gasteiger partial charge in [-0.05, 0) is 74.2 Å². The summed E-state index contributed by atoms with van der Waals surface area (Å²) in [5.41, 5.74) is 4.20. The lowest BCUT2D eigenvalue weighted by Gasteiger charge is -2.20. The Hall–Kier alpha value is -2.97. The van der Waals surface area contributed by atoms with Gasteiger partial charge in [0.1, 0.15) is 9.83 Å². The molecule has 0 spiro atoms. The molecule has 4 aromatic rings. The van der Waals surface area contributed by atoms with Gasteiger partial charge in [0.05, 0.1) is 16.1 Å². The number of hydrogen-bond donors (Lipinski definition) is 0. The Morgan fingerprint density at radius 2 is 1.45 bits per heavy atom. The molecule has 0 saturated carbocycles. The molecule has 1 unspecified atom stereocenters. The third-order valence-corrected chi connectivity index (χ3v) is 7.56. The molecule has 4 rings (SSSR count). The molecule has 33 heavy (non-hydrogen) atoms. The van der Waals surface area contributed by atoms with Crippen LogP contribution >= 0.6 is 22.7 Å². The summed E-state index contributed by atoms with van der Waals surface area (Å²) in [6.45, 7) is 10.7. The Kier molecular flexibility index (Phi) is 7.57. The summed E-state index contributed by atoms with van der Waals surface area (Å²) in [7, 11) is 0. The van der Waals surface area contributed by atoms with Crippen LogP contribution in [0.3, 0.4) is 0 Å². The monoisotopic (exact) mass is 476 g/mol. The highest BCUT2D eigenvalue weighted by Crippen LogP contribution is 2.39. The number of benzene rings is 2. The van der Waals surface area contributed by atoms with Crippen LogP contribution in [0.5, 0.6) is 0 Å². The fraction of sp³-hybridized carbons (Fsp3) is 0.320. The van der Waals surface area contributed by atoms with Crippen LogP contribution in [-0.2, 0) is 0 Å². The SMILES string of the molecule is CCC(C)c1ccc(N=Nc2cc3sc(N=Nc4ccc(N(CC)CC)cc4)nc3s2)cc1. The van der Waals surface area contributed by atoms with Gasteiger partial charge in [0.15, 0.2) is 0 Å². The van der Waals surface area contributed by atoms with E-state index in [0.717, 1.165) is 45.4 Å². The summed E-state index contributed by atoms with van der Waals surface area (Å²) in [6, 6.07) is 18.4. The number of thiazole rings is 1. The molecule has 0 bridgehead atoms. The van der Waals surface area contributed by atoms with Gasteiger partial charge in [-0.1, -0.05) is 48.7 Å². The fourth-order valence-electron chi connectivity index (χ4n) is 3.44. The first kappa shape index (κ1) is 23.2. The first-order chi connectivity index (χ1) is 16.1. The van der Waals surface area contributed by atoms with E-state index in [1.807, 2.05) is 30.3 Å². The molecule has 8 heteroatoms. The second-order valence-electron chi connectivity index (χ2n) is 7.74. The number of aromatic nitrogens is 1. The fourth-order valence-corrected chi connectivity index (χ4v) is 5.28. The van der Waals surface area contributed by atoms with Gasteiger partial charge in [0.2, 0.25) is 5.13 Å². The lowest BCUT2D eigenvalue weighted by molar-refractivity contribution is 0.733. The van der Waals surface area contributed by atoms with Crippen molar-refractivity contribution in [3.8, 4) is 0 Å². The summed E-state index contributed by atoms with van der Waals surface area (Å²) in [5, 5.41) is 18.9. The molecule has 2 aromatic carbocycles. The van der Waals surface area contributed by atoms with Crippen LogP contribution in [0.1, 0.15) is 45.6 Å². The van der Waals surface area contributed by atoms with Gasteiger partial charge in [-0.2, -0.15) is 0 Å². The summed E-state index contributed by atoms with van der Waals surface area (Å²) in [5.74, 6) is 0.560. The highest BCUT2D eigenvalue weighted by atomic mass is 32.1. The van der Waals surface area contributed by atoms with E-state index in [0.29, 0.717) is 11.0 Å². The summed E-state index contributed by atoms with van der Waals surface area (Å²) < 4.78 is 1.05. The number of azo groups is 2. The Labute approximate surface area is 202 Å². The minimum atomic E-state index is 0.560. The van der Waals surface area contributed by atoms with Crippen LogP contribution in [0.25, 0.3) is 9.53 Å². The maximum absolute atomic E-state index is 4.58. The minimum absolute atomic E-state index is 0.560. The van der Waals surface area contributed by atoms with Gasteiger partial charge >= 0.3 is 0 Å². The van der Waals surface area contributed by atoms with Crippen LogP contribution in [0.2, 0.25) is 0 Å². The standard InChI is InChI=1S/C25H28N6S2/c1-5-17(4)18-8-10-19(11-9-18)27-29-23-16-22-24(33-23)26-25(32-22)30-28-20-12-14-21(15-13-20)31(6-2)7-3/h8-17H,5-7H2,1-4H3. The van der Waals surface area contributed by atoms with Crippen molar-refractivity contribution >= 4 is 59.4 Å². The molecular formula is C25H28N6S2. The molecule has 1 atom stereocenters. The number of thiophene rings is 1. The van der Waals surface area contributed by atoms with E-state index in [2.05, 4.69) is 82.3 Å². The van der Waals surface area contributed by atoms with Crippen molar-refractivity contribution in [1.29, 1.82) is 0 Å². The topological polar surface area (TPSA) is 65.6 Å². The summed E-state index contributed by atoms with van der Waals surface area (Å²) in [6.07, 6.45) is 1.13. The van der Waals surface area contributed by atoms with E-state index in [9.17, 15) is 0 Å². The number of fused-ring (bicyclic) bond motifs is 1. The van der Waals surface area contributed by atoms with Crippen molar-refractivity contribution in [3.05, 3.63) is 60.2 Å². The lowest BCUT2D eigenvalue weighted by atomic mass is 9.99. The van der Waals surface area contributed by atoms with Gasteiger partial charge in [-0.15, -0.1) is 20.5 Å². The molecular weight excluding hydrogens is 448 g/mol. The smallest absolute Gasteiger partial charge is 0.231 e. The molecule has 0 N–H and O–H groups in total. The van der Waals surface area contributed by atoms with E-state index in [-0.39, 0.29) is 0 Å². The first-order valence-electron chi connectivity index (χ1n) is 11.3. The van der Waals surface area contributed by atoms with Gasteiger partial charge < -0.3 is 4.90 Å². The van der Waals surface area contributed by atoms with Crippen molar-refractivity contribution < 1.29 is 0 Å².